The number of halogens is 3. The molecule has 1 heterocycles. The molecule has 0 aliphatic rings. The summed E-state index contributed by atoms with van der Waals surface area (Å²) in [5.74, 6) is -3.79. The van der Waals surface area contributed by atoms with Crippen molar-refractivity contribution in [3.8, 4) is 0 Å². The minimum absolute atomic E-state index is 0.240. The first-order valence-corrected chi connectivity index (χ1v) is 5.83. The Bertz CT molecular complexity index is 562. The summed E-state index contributed by atoms with van der Waals surface area (Å²) in [5, 5.41) is 3.00. The van der Waals surface area contributed by atoms with Crippen molar-refractivity contribution in [2.45, 2.75) is 20.0 Å². The van der Waals surface area contributed by atoms with Crippen LogP contribution in [0.25, 0.3) is 0 Å². The maximum absolute atomic E-state index is 13.0. The number of hydrogen-bond acceptors (Lipinski definition) is 2. The Morgan fingerprint density at radius 3 is 2.37 bits per heavy atom. The number of aromatic nitrogens is 1. The second kappa shape index (κ2) is 5.84. The second-order valence-corrected chi connectivity index (χ2v) is 4.25. The van der Waals surface area contributed by atoms with Gasteiger partial charge < -0.3 is 5.32 Å². The maximum atomic E-state index is 13.0. The molecule has 0 fully saturated rings. The Morgan fingerprint density at radius 2 is 1.74 bits per heavy atom. The fourth-order valence-corrected chi connectivity index (χ4v) is 1.74. The predicted octanol–water partition coefficient (Wildman–Crippen LogP) is 3.10. The predicted molar refractivity (Wildman–Crippen MR) is 65.8 cm³/mol. The van der Waals surface area contributed by atoms with E-state index in [-0.39, 0.29) is 6.54 Å². The van der Waals surface area contributed by atoms with Gasteiger partial charge in [0.15, 0.2) is 17.5 Å². The Labute approximate surface area is 109 Å². The number of aryl methyl sites for hydroxylation is 1. The molecule has 0 amide bonds. The van der Waals surface area contributed by atoms with Crippen LogP contribution in [0.3, 0.4) is 0 Å². The summed E-state index contributed by atoms with van der Waals surface area (Å²) in [7, 11) is 0. The smallest absolute Gasteiger partial charge is 0.194 e. The van der Waals surface area contributed by atoms with Crippen LogP contribution in [0.2, 0.25) is 0 Å². The van der Waals surface area contributed by atoms with E-state index in [2.05, 4.69) is 10.3 Å². The van der Waals surface area contributed by atoms with E-state index in [1.807, 2.05) is 25.1 Å². The van der Waals surface area contributed by atoms with Crippen LogP contribution >= 0.6 is 0 Å². The molecule has 0 bridgehead atoms. The average Bonchev–Trinajstić information content (AvgIpc) is 2.36. The van der Waals surface area contributed by atoms with Gasteiger partial charge in [0.05, 0.1) is 5.69 Å². The minimum atomic E-state index is -1.44. The summed E-state index contributed by atoms with van der Waals surface area (Å²) in [4.78, 5) is 4.28. The van der Waals surface area contributed by atoms with Gasteiger partial charge in [0.25, 0.3) is 0 Å². The van der Waals surface area contributed by atoms with E-state index in [1.165, 1.54) is 0 Å². The van der Waals surface area contributed by atoms with Gasteiger partial charge in [0.2, 0.25) is 0 Å². The third-order valence-electron chi connectivity index (χ3n) is 2.62. The Morgan fingerprint density at radius 1 is 1.05 bits per heavy atom. The normalized spacial score (nSPS) is 10.7. The molecule has 5 heteroatoms. The van der Waals surface area contributed by atoms with Crippen molar-refractivity contribution >= 4 is 0 Å². The van der Waals surface area contributed by atoms with Gasteiger partial charge in [-0.15, -0.1) is 0 Å². The largest absolute Gasteiger partial charge is 0.307 e. The Kier molecular flexibility index (Phi) is 4.16. The fourth-order valence-electron chi connectivity index (χ4n) is 1.74. The highest BCUT2D eigenvalue weighted by molar-refractivity contribution is 5.19. The summed E-state index contributed by atoms with van der Waals surface area (Å²) in [5.41, 5.74) is 2.09. The van der Waals surface area contributed by atoms with Crippen LogP contribution in [0, 0.1) is 24.4 Å². The zero-order valence-corrected chi connectivity index (χ0v) is 10.4. The van der Waals surface area contributed by atoms with Gasteiger partial charge in [0.1, 0.15) is 0 Å². The summed E-state index contributed by atoms with van der Waals surface area (Å²) in [6.45, 7) is 2.60. The molecule has 0 radical (unpaired) electrons. The highest BCUT2D eigenvalue weighted by atomic mass is 19.2. The average molecular weight is 266 g/mol. The number of benzene rings is 1. The molecular weight excluding hydrogens is 253 g/mol. The summed E-state index contributed by atoms with van der Waals surface area (Å²) < 4.78 is 38.7. The topological polar surface area (TPSA) is 24.9 Å². The van der Waals surface area contributed by atoms with E-state index in [1.54, 1.807) is 0 Å². The molecule has 0 unspecified atom stereocenters. The molecule has 2 aromatic rings. The van der Waals surface area contributed by atoms with E-state index in [4.69, 9.17) is 0 Å². The summed E-state index contributed by atoms with van der Waals surface area (Å²) in [6.07, 6.45) is 0. The maximum Gasteiger partial charge on any atom is 0.194 e. The molecule has 0 saturated carbocycles. The van der Waals surface area contributed by atoms with Crippen molar-refractivity contribution in [2.75, 3.05) is 0 Å². The van der Waals surface area contributed by atoms with Crippen molar-refractivity contribution in [3.63, 3.8) is 0 Å². The first kappa shape index (κ1) is 13.5. The molecule has 0 saturated heterocycles. The molecule has 0 aliphatic carbocycles. The summed E-state index contributed by atoms with van der Waals surface area (Å²) >= 11 is 0. The van der Waals surface area contributed by atoms with Crippen molar-refractivity contribution < 1.29 is 13.2 Å². The highest BCUT2D eigenvalue weighted by Gasteiger charge is 2.10. The summed E-state index contributed by atoms with van der Waals surface area (Å²) in [6, 6.07) is 7.58. The fraction of sp³-hybridized carbons (Fsp3) is 0.214. The van der Waals surface area contributed by atoms with Gasteiger partial charge in [-0.1, -0.05) is 6.07 Å². The number of nitrogens with zero attached hydrogens (tertiary/aromatic N) is 1. The lowest BCUT2D eigenvalue weighted by Crippen LogP contribution is -2.14. The molecule has 0 atom stereocenters. The molecule has 19 heavy (non-hydrogen) atoms. The third-order valence-corrected chi connectivity index (χ3v) is 2.62. The van der Waals surface area contributed by atoms with Crippen molar-refractivity contribution in [2.24, 2.45) is 0 Å². The van der Waals surface area contributed by atoms with E-state index >= 15 is 0 Å². The van der Waals surface area contributed by atoms with Crippen LogP contribution in [0.15, 0.2) is 30.3 Å². The zero-order valence-electron chi connectivity index (χ0n) is 10.4. The first-order valence-electron chi connectivity index (χ1n) is 5.83. The molecular formula is C14H13F3N2. The zero-order chi connectivity index (χ0) is 13.8. The van der Waals surface area contributed by atoms with Crippen molar-refractivity contribution in [3.05, 3.63) is 64.7 Å². The van der Waals surface area contributed by atoms with Crippen LogP contribution in [-0.2, 0) is 13.1 Å². The molecule has 2 rings (SSSR count). The number of nitrogens with one attached hydrogen (secondary N) is 1. The van der Waals surface area contributed by atoms with Crippen LogP contribution in [-0.4, -0.2) is 4.98 Å². The van der Waals surface area contributed by atoms with Crippen LogP contribution in [0.1, 0.15) is 17.0 Å². The van der Waals surface area contributed by atoms with Gasteiger partial charge in [0, 0.05) is 18.8 Å². The number of pyridine rings is 1. The number of rotatable bonds is 4. The van der Waals surface area contributed by atoms with Gasteiger partial charge in [-0.25, -0.2) is 13.2 Å². The molecule has 0 spiro atoms. The van der Waals surface area contributed by atoms with Crippen LogP contribution in [0.5, 0.6) is 0 Å². The van der Waals surface area contributed by atoms with E-state index in [0.717, 1.165) is 23.5 Å². The minimum Gasteiger partial charge on any atom is -0.307 e. The molecule has 1 aromatic carbocycles. The van der Waals surface area contributed by atoms with Crippen LogP contribution < -0.4 is 5.32 Å². The molecule has 1 aromatic heterocycles. The van der Waals surface area contributed by atoms with Crippen LogP contribution in [0.4, 0.5) is 13.2 Å². The lowest BCUT2D eigenvalue weighted by molar-refractivity contribution is 0.444. The second-order valence-electron chi connectivity index (χ2n) is 4.25. The Hall–Kier alpha value is -1.88. The van der Waals surface area contributed by atoms with Crippen molar-refractivity contribution in [1.29, 1.82) is 0 Å². The van der Waals surface area contributed by atoms with Gasteiger partial charge in [-0.3, -0.25) is 4.98 Å². The van der Waals surface area contributed by atoms with E-state index in [9.17, 15) is 13.2 Å². The van der Waals surface area contributed by atoms with E-state index in [0.29, 0.717) is 12.1 Å². The lowest BCUT2D eigenvalue weighted by Gasteiger charge is -2.06. The van der Waals surface area contributed by atoms with Gasteiger partial charge >= 0.3 is 0 Å². The SMILES string of the molecule is Cc1cccc(CNCc2cc(F)c(F)c(F)c2)n1. The van der Waals surface area contributed by atoms with Gasteiger partial charge in [-0.05, 0) is 36.8 Å². The van der Waals surface area contributed by atoms with Crippen molar-refractivity contribution in [1.82, 2.24) is 10.3 Å². The molecule has 0 aliphatic heterocycles. The van der Waals surface area contributed by atoms with E-state index < -0.39 is 17.5 Å². The lowest BCUT2D eigenvalue weighted by atomic mass is 10.2. The monoisotopic (exact) mass is 266 g/mol. The standard InChI is InChI=1S/C14H13F3N2/c1-9-3-2-4-11(19-9)8-18-7-10-5-12(15)14(17)13(16)6-10/h2-6,18H,7-8H2,1H3. The Balaban J connectivity index is 1.96. The van der Waals surface area contributed by atoms with Gasteiger partial charge in [-0.2, -0.15) is 0 Å². The third kappa shape index (κ3) is 3.54. The molecule has 2 nitrogen and oxygen atoms in total. The first-order chi connectivity index (χ1) is 9.06. The highest BCUT2D eigenvalue weighted by Crippen LogP contribution is 2.13. The molecule has 100 valence electrons. The quantitative estimate of drug-likeness (QED) is 0.860. The molecule has 1 N–H and O–H groups in total. The number of hydrogen-bond donors (Lipinski definition) is 1.